The molecule has 3 rings (SSSR count). The lowest BCUT2D eigenvalue weighted by Crippen LogP contribution is -2.50. The highest BCUT2D eigenvalue weighted by molar-refractivity contribution is 6.32. The minimum atomic E-state index is -0.236. The lowest BCUT2D eigenvalue weighted by atomic mass is 10.1. The molecule has 0 radical (unpaired) electrons. The summed E-state index contributed by atoms with van der Waals surface area (Å²) in [7, 11) is 1.64. The fourth-order valence-electron chi connectivity index (χ4n) is 2.75. The highest BCUT2D eigenvalue weighted by Crippen LogP contribution is 2.38. The SMILES string of the molecule is CO[C@@H]1CCOC[C@H]1NC(=O)c1cc(Cl)c2c(c1)OCCCO2. The van der Waals surface area contributed by atoms with Crippen molar-refractivity contribution in [3.05, 3.63) is 22.7 Å². The molecule has 0 saturated carbocycles. The first-order valence-electron chi connectivity index (χ1n) is 7.69. The first kappa shape index (κ1) is 16.4. The van der Waals surface area contributed by atoms with Gasteiger partial charge in [0.25, 0.3) is 5.91 Å². The Bertz CT molecular complexity index is 580. The van der Waals surface area contributed by atoms with Crippen LogP contribution < -0.4 is 14.8 Å². The number of carbonyl (C=O) groups is 1. The van der Waals surface area contributed by atoms with Crippen LogP contribution in [-0.4, -0.2) is 51.6 Å². The van der Waals surface area contributed by atoms with Gasteiger partial charge in [-0.3, -0.25) is 4.79 Å². The predicted molar refractivity (Wildman–Crippen MR) is 84.5 cm³/mol. The van der Waals surface area contributed by atoms with Gasteiger partial charge in [-0.1, -0.05) is 11.6 Å². The Hall–Kier alpha value is -1.50. The molecule has 1 fully saturated rings. The average molecular weight is 342 g/mol. The third kappa shape index (κ3) is 3.71. The van der Waals surface area contributed by atoms with E-state index in [0.29, 0.717) is 48.5 Å². The van der Waals surface area contributed by atoms with E-state index in [1.54, 1.807) is 19.2 Å². The molecular weight excluding hydrogens is 322 g/mol. The zero-order valence-corrected chi connectivity index (χ0v) is 13.7. The Labute approximate surface area is 140 Å². The van der Waals surface area contributed by atoms with Gasteiger partial charge < -0.3 is 24.3 Å². The number of nitrogens with one attached hydrogen (secondary N) is 1. The molecule has 1 aromatic carbocycles. The molecular formula is C16H20ClNO5. The molecule has 2 aliphatic heterocycles. The van der Waals surface area contributed by atoms with Gasteiger partial charge in [0, 0.05) is 25.7 Å². The minimum Gasteiger partial charge on any atom is -0.489 e. The highest BCUT2D eigenvalue weighted by Gasteiger charge is 2.28. The van der Waals surface area contributed by atoms with Gasteiger partial charge >= 0.3 is 0 Å². The molecule has 1 amide bonds. The summed E-state index contributed by atoms with van der Waals surface area (Å²) in [5.74, 6) is 0.764. The summed E-state index contributed by atoms with van der Waals surface area (Å²) in [6, 6.07) is 3.07. The second kappa shape index (κ2) is 7.38. The molecule has 0 aliphatic carbocycles. The number of ether oxygens (including phenoxy) is 4. The maximum Gasteiger partial charge on any atom is 0.251 e. The van der Waals surface area contributed by atoms with Gasteiger partial charge in [0.2, 0.25) is 0 Å². The molecule has 1 aromatic rings. The fraction of sp³-hybridized carbons (Fsp3) is 0.562. The number of benzene rings is 1. The Kier molecular flexibility index (Phi) is 5.25. The van der Waals surface area contributed by atoms with Crippen LogP contribution in [0.2, 0.25) is 5.02 Å². The molecule has 1 saturated heterocycles. The zero-order valence-electron chi connectivity index (χ0n) is 13.0. The van der Waals surface area contributed by atoms with Gasteiger partial charge in [-0.05, 0) is 18.6 Å². The monoisotopic (exact) mass is 341 g/mol. The molecule has 23 heavy (non-hydrogen) atoms. The van der Waals surface area contributed by atoms with Crippen LogP contribution in [0.3, 0.4) is 0 Å². The zero-order chi connectivity index (χ0) is 16.2. The molecule has 0 spiro atoms. The van der Waals surface area contributed by atoms with E-state index >= 15 is 0 Å². The van der Waals surface area contributed by atoms with Gasteiger partial charge in [-0.15, -0.1) is 0 Å². The number of hydrogen-bond donors (Lipinski definition) is 1. The van der Waals surface area contributed by atoms with Crippen molar-refractivity contribution < 1.29 is 23.7 Å². The van der Waals surface area contributed by atoms with Crippen LogP contribution in [-0.2, 0) is 9.47 Å². The quantitative estimate of drug-likeness (QED) is 0.911. The number of methoxy groups -OCH3 is 1. The number of amides is 1. The molecule has 0 bridgehead atoms. The summed E-state index contributed by atoms with van der Waals surface area (Å²) in [4.78, 5) is 12.5. The Morgan fingerprint density at radius 3 is 2.96 bits per heavy atom. The summed E-state index contributed by atoms with van der Waals surface area (Å²) in [6.07, 6.45) is 1.48. The third-order valence-corrected chi connectivity index (χ3v) is 4.26. The van der Waals surface area contributed by atoms with Crippen LogP contribution in [0.25, 0.3) is 0 Å². The van der Waals surface area contributed by atoms with E-state index in [-0.39, 0.29) is 18.1 Å². The Morgan fingerprint density at radius 1 is 1.30 bits per heavy atom. The number of fused-ring (bicyclic) bond motifs is 1. The number of hydrogen-bond acceptors (Lipinski definition) is 5. The van der Waals surface area contributed by atoms with Crippen molar-refractivity contribution in [2.24, 2.45) is 0 Å². The fourth-order valence-corrected chi connectivity index (χ4v) is 3.01. The van der Waals surface area contributed by atoms with Crippen molar-refractivity contribution in [3.63, 3.8) is 0 Å². The van der Waals surface area contributed by atoms with Crippen LogP contribution in [0.1, 0.15) is 23.2 Å². The van der Waals surface area contributed by atoms with Gasteiger partial charge in [0.15, 0.2) is 11.5 Å². The van der Waals surface area contributed by atoms with Gasteiger partial charge in [-0.2, -0.15) is 0 Å². The van der Waals surface area contributed by atoms with E-state index < -0.39 is 0 Å². The molecule has 2 aliphatic rings. The van der Waals surface area contributed by atoms with Gasteiger partial charge in [0.05, 0.1) is 37.0 Å². The number of rotatable bonds is 3. The van der Waals surface area contributed by atoms with Gasteiger partial charge in [0.1, 0.15) is 0 Å². The third-order valence-electron chi connectivity index (χ3n) is 3.98. The van der Waals surface area contributed by atoms with Crippen molar-refractivity contribution in [1.82, 2.24) is 5.32 Å². The Morgan fingerprint density at radius 2 is 2.13 bits per heavy atom. The largest absolute Gasteiger partial charge is 0.489 e. The molecule has 2 atom stereocenters. The first-order chi connectivity index (χ1) is 11.2. The van der Waals surface area contributed by atoms with E-state index in [0.717, 1.165) is 12.8 Å². The van der Waals surface area contributed by atoms with Crippen molar-refractivity contribution in [1.29, 1.82) is 0 Å². The molecule has 1 N–H and O–H groups in total. The summed E-state index contributed by atoms with van der Waals surface area (Å²) in [5.41, 5.74) is 0.430. The first-order valence-corrected chi connectivity index (χ1v) is 8.07. The van der Waals surface area contributed by atoms with Gasteiger partial charge in [-0.25, -0.2) is 0 Å². The number of carbonyl (C=O) groups excluding carboxylic acids is 1. The summed E-state index contributed by atoms with van der Waals surface area (Å²) in [5, 5.41) is 3.31. The van der Waals surface area contributed by atoms with E-state index in [1.807, 2.05) is 0 Å². The van der Waals surface area contributed by atoms with E-state index in [2.05, 4.69) is 5.32 Å². The van der Waals surface area contributed by atoms with Crippen LogP contribution in [0.15, 0.2) is 12.1 Å². The van der Waals surface area contributed by atoms with Crippen LogP contribution >= 0.6 is 11.6 Å². The van der Waals surface area contributed by atoms with Crippen LogP contribution in [0.5, 0.6) is 11.5 Å². The topological polar surface area (TPSA) is 66.0 Å². The van der Waals surface area contributed by atoms with Crippen molar-refractivity contribution in [3.8, 4) is 11.5 Å². The van der Waals surface area contributed by atoms with Crippen molar-refractivity contribution in [2.75, 3.05) is 33.5 Å². The van der Waals surface area contributed by atoms with E-state index in [1.165, 1.54) is 0 Å². The van der Waals surface area contributed by atoms with Crippen LogP contribution in [0.4, 0.5) is 0 Å². The summed E-state index contributed by atoms with van der Waals surface area (Å²) in [6.45, 7) is 2.16. The maximum atomic E-state index is 12.5. The standard InChI is InChI=1S/C16H20ClNO5/c1-20-13-3-6-21-9-12(13)18-16(19)10-7-11(17)15-14(8-10)22-4-2-5-23-15/h7-8,12-13H,2-6,9H2,1H3,(H,18,19)/t12-,13-/m1/s1. The molecule has 6 nitrogen and oxygen atoms in total. The lowest BCUT2D eigenvalue weighted by molar-refractivity contribution is -0.0349. The second-order valence-corrected chi connectivity index (χ2v) is 5.96. The van der Waals surface area contributed by atoms with E-state index in [4.69, 9.17) is 30.5 Å². The van der Waals surface area contributed by atoms with Crippen LogP contribution in [0, 0.1) is 0 Å². The number of halogens is 1. The molecule has 7 heteroatoms. The van der Waals surface area contributed by atoms with E-state index in [9.17, 15) is 4.79 Å². The second-order valence-electron chi connectivity index (χ2n) is 5.55. The minimum absolute atomic E-state index is 0.0522. The molecule has 0 aromatic heterocycles. The normalized spacial score (nSPS) is 23.9. The summed E-state index contributed by atoms with van der Waals surface area (Å²) >= 11 is 6.23. The summed E-state index contributed by atoms with van der Waals surface area (Å²) < 4.78 is 22.0. The van der Waals surface area contributed by atoms with Crippen molar-refractivity contribution >= 4 is 17.5 Å². The smallest absolute Gasteiger partial charge is 0.251 e. The maximum absolute atomic E-state index is 12.5. The Balaban J connectivity index is 1.77. The lowest BCUT2D eigenvalue weighted by Gasteiger charge is -2.31. The molecule has 2 heterocycles. The highest BCUT2D eigenvalue weighted by atomic mass is 35.5. The molecule has 0 unspecified atom stereocenters. The molecule has 126 valence electrons. The average Bonchev–Trinajstić information content (AvgIpc) is 2.81. The van der Waals surface area contributed by atoms with Crippen molar-refractivity contribution in [2.45, 2.75) is 25.0 Å². The predicted octanol–water partition coefficient (Wildman–Crippen LogP) is 2.03.